The molecule has 0 spiro atoms. The fourth-order valence-electron chi connectivity index (χ4n) is 2.67. The van der Waals surface area contributed by atoms with E-state index in [-0.39, 0.29) is 13.0 Å². The Labute approximate surface area is 200 Å². The number of nitrogens with two attached hydrogens (primary N) is 2. The first-order valence-corrected chi connectivity index (χ1v) is 10.6. The second kappa shape index (κ2) is 15.9. The first kappa shape index (κ1) is 31.2. The van der Waals surface area contributed by atoms with Gasteiger partial charge < -0.3 is 48.1 Å². The van der Waals surface area contributed by atoms with Gasteiger partial charge in [0, 0.05) is 0 Å². The molecule has 0 aliphatic rings. The Hall–Kier alpha value is -3.79. The summed E-state index contributed by atoms with van der Waals surface area (Å²) in [6, 6.07) is -5.66. The van der Waals surface area contributed by atoms with Crippen LogP contribution < -0.4 is 32.7 Å². The number of carboxylic acids is 3. The number of unbranched alkanes of at least 4 members (excludes halogenated alkanes) is 1. The molecule has 0 bridgehead atoms. The average molecular weight is 504 g/mol. The van der Waals surface area contributed by atoms with Crippen molar-refractivity contribution in [1.82, 2.24) is 21.3 Å². The lowest BCUT2D eigenvalue weighted by molar-refractivity contribution is -0.142. The van der Waals surface area contributed by atoms with Crippen molar-refractivity contribution in [2.24, 2.45) is 11.5 Å². The Balaban J connectivity index is 5.42. The van der Waals surface area contributed by atoms with Gasteiger partial charge in [-0.15, -0.1) is 0 Å². The molecule has 0 aromatic heterocycles. The van der Waals surface area contributed by atoms with Gasteiger partial charge in [-0.1, -0.05) is 0 Å². The van der Waals surface area contributed by atoms with Crippen molar-refractivity contribution in [3.8, 4) is 0 Å². The molecule has 16 heteroatoms. The van der Waals surface area contributed by atoms with Crippen LogP contribution >= 0.6 is 0 Å². The van der Waals surface area contributed by atoms with E-state index in [9.17, 15) is 33.6 Å². The summed E-state index contributed by atoms with van der Waals surface area (Å²) in [5.74, 6) is -7.90. The summed E-state index contributed by atoms with van der Waals surface area (Å²) in [6.07, 6.45) is -0.756. The van der Waals surface area contributed by atoms with E-state index in [1.54, 1.807) is 0 Å². The van der Waals surface area contributed by atoms with Gasteiger partial charge in [0.15, 0.2) is 0 Å². The Morgan fingerprint density at radius 3 is 1.77 bits per heavy atom. The Bertz CT molecular complexity index is 805. The number of hydrogen-bond acceptors (Lipinski definition) is 9. The van der Waals surface area contributed by atoms with Gasteiger partial charge >= 0.3 is 17.9 Å². The van der Waals surface area contributed by atoms with Gasteiger partial charge in [0.2, 0.25) is 23.6 Å². The molecule has 0 aliphatic heterocycles. The zero-order valence-corrected chi connectivity index (χ0v) is 19.1. The number of nitrogens with one attached hydrogen (secondary N) is 4. The van der Waals surface area contributed by atoms with Crippen LogP contribution in [0.5, 0.6) is 0 Å². The van der Waals surface area contributed by atoms with Crippen molar-refractivity contribution in [2.45, 2.75) is 63.2 Å². The molecule has 0 radical (unpaired) electrons. The summed E-state index contributed by atoms with van der Waals surface area (Å²) in [7, 11) is 0. The predicted octanol–water partition coefficient (Wildman–Crippen LogP) is -3.93. The third-order valence-electron chi connectivity index (χ3n) is 4.49. The lowest BCUT2D eigenvalue weighted by atomic mass is 10.1. The maximum absolute atomic E-state index is 12.7. The first-order valence-electron chi connectivity index (χ1n) is 10.6. The Kier molecular flexibility index (Phi) is 14.2. The van der Waals surface area contributed by atoms with Gasteiger partial charge in [-0.05, 0) is 32.7 Å². The van der Waals surface area contributed by atoms with Crippen LogP contribution in [0.15, 0.2) is 0 Å². The highest BCUT2D eigenvalue weighted by Crippen LogP contribution is 2.04. The molecule has 0 saturated heterocycles. The fraction of sp³-hybridized carbons (Fsp3) is 0.632. The number of amides is 4. The normalized spacial score (nSPS) is 13.9. The molecule has 4 atom stereocenters. The SMILES string of the molecule is C[C@H](NC(=O)[C@H](CCCCN)NC(=O)[C@H](CC(=O)O)NC(=O)[C@@H](N)CC(=O)O)C(=O)NCC(=O)O. The molecule has 4 amide bonds. The lowest BCUT2D eigenvalue weighted by Gasteiger charge is -2.24. The van der Waals surface area contributed by atoms with E-state index in [0.717, 1.165) is 0 Å². The van der Waals surface area contributed by atoms with Crippen molar-refractivity contribution in [3.63, 3.8) is 0 Å². The summed E-state index contributed by atoms with van der Waals surface area (Å²) in [5, 5.41) is 35.2. The molecule has 0 aromatic rings. The summed E-state index contributed by atoms with van der Waals surface area (Å²) >= 11 is 0. The van der Waals surface area contributed by atoms with Crippen molar-refractivity contribution < 1.29 is 48.9 Å². The maximum Gasteiger partial charge on any atom is 0.322 e. The van der Waals surface area contributed by atoms with Crippen LogP contribution in [0.1, 0.15) is 39.0 Å². The van der Waals surface area contributed by atoms with E-state index >= 15 is 0 Å². The minimum Gasteiger partial charge on any atom is -0.481 e. The van der Waals surface area contributed by atoms with Crippen LogP contribution in [0, 0.1) is 0 Å². The molecule has 0 heterocycles. The summed E-state index contributed by atoms with van der Waals surface area (Å²) in [4.78, 5) is 81.9. The minimum atomic E-state index is -1.68. The third kappa shape index (κ3) is 13.5. The minimum absolute atomic E-state index is 0.0461. The molecule has 11 N–H and O–H groups in total. The highest BCUT2D eigenvalue weighted by atomic mass is 16.4. The van der Waals surface area contributed by atoms with Gasteiger partial charge in [0.1, 0.15) is 24.7 Å². The second-order valence-electron chi connectivity index (χ2n) is 7.55. The molecule has 198 valence electrons. The van der Waals surface area contributed by atoms with E-state index < -0.39 is 85.1 Å². The summed E-state index contributed by atoms with van der Waals surface area (Å²) in [5.41, 5.74) is 10.9. The highest BCUT2D eigenvalue weighted by Gasteiger charge is 2.31. The van der Waals surface area contributed by atoms with Gasteiger partial charge in [-0.2, -0.15) is 0 Å². The van der Waals surface area contributed by atoms with Crippen molar-refractivity contribution in [1.29, 1.82) is 0 Å². The highest BCUT2D eigenvalue weighted by molar-refractivity contribution is 5.96. The largest absolute Gasteiger partial charge is 0.481 e. The lowest BCUT2D eigenvalue weighted by Crippen LogP contribution is -2.58. The number of carboxylic acid groups (broad SMARTS) is 3. The third-order valence-corrected chi connectivity index (χ3v) is 4.49. The number of carbonyl (C=O) groups excluding carboxylic acids is 4. The molecule has 0 unspecified atom stereocenters. The quantitative estimate of drug-likeness (QED) is 0.0858. The Morgan fingerprint density at radius 2 is 1.26 bits per heavy atom. The van der Waals surface area contributed by atoms with Gasteiger partial charge in [0.05, 0.1) is 18.9 Å². The van der Waals surface area contributed by atoms with E-state index in [1.165, 1.54) is 6.92 Å². The van der Waals surface area contributed by atoms with Crippen LogP contribution in [0.25, 0.3) is 0 Å². The molecule has 16 nitrogen and oxygen atoms in total. The van der Waals surface area contributed by atoms with E-state index in [1.807, 2.05) is 0 Å². The number of carbonyl (C=O) groups is 7. The molecule has 0 fully saturated rings. The van der Waals surface area contributed by atoms with Gasteiger partial charge in [0.25, 0.3) is 0 Å². The van der Waals surface area contributed by atoms with Crippen LogP contribution in [0.2, 0.25) is 0 Å². The smallest absolute Gasteiger partial charge is 0.322 e. The van der Waals surface area contributed by atoms with Crippen LogP contribution in [0.3, 0.4) is 0 Å². The van der Waals surface area contributed by atoms with Crippen molar-refractivity contribution >= 4 is 41.5 Å². The Morgan fingerprint density at radius 1 is 0.714 bits per heavy atom. The van der Waals surface area contributed by atoms with Crippen LogP contribution in [-0.4, -0.2) is 94.1 Å². The van der Waals surface area contributed by atoms with Gasteiger partial charge in [-0.25, -0.2) is 0 Å². The van der Waals surface area contributed by atoms with Gasteiger partial charge in [-0.3, -0.25) is 33.6 Å². The average Bonchev–Trinajstić information content (AvgIpc) is 2.75. The second-order valence-corrected chi connectivity index (χ2v) is 7.55. The maximum atomic E-state index is 12.7. The summed E-state index contributed by atoms with van der Waals surface area (Å²) in [6.45, 7) is 0.900. The number of aliphatic carboxylic acids is 3. The predicted molar refractivity (Wildman–Crippen MR) is 117 cm³/mol. The molecule has 0 aromatic carbocycles. The fourth-order valence-corrected chi connectivity index (χ4v) is 2.67. The first-order chi connectivity index (χ1) is 16.3. The molecular weight excluding hydrogens is 472 g/mol. The van der Waals surface area contributed by atoms with Crippen molar-refractivity contribution in [2.75, 3.05) is 13.1 Å². The molecular formula is C19H32N6O10. The molecule has 0 rings (SSSR count). The number of rotatable bonds is 17. The van der Waals surface area contributed by atoms with Crippen molar-refractivity contribution in [3.05, 3.63) is 0 Å². The summed E-state index contributed by atoms with van der Waals surface area (Å²) < 4.78 is 0. The monoisotopic (exact) mass is 504 g/mol. The van der Waals surface area contributed by atoms with Crippen LogP contribution in [-0.2, 0) is 33.6 Å². The molecule has 0 saturated carbocycles. The zero-order valence-electron chi connectivity index (χ0n) is 19.1. The van der Waals surface area contributed by atoms with E-state index in [2.05, 4.69) is 21.3 Å². The van der Waals surface area contributed by atoms with E-state index in [4.69, 9.17) is 26.8 Å². The van der Waals surface area contributed by atoms with E-state index in [0.29, 0.717) is 12.8 Å². The standard InChI is InChI=1S/C19H32N6O10/c1-9(16(32)22-8-15(30)31)23-18(34)11(4-2-3-5-20)24-19(35)12(7-14(28)29)25-17(33)10(21)6-13(26)27/h9-12H,2-8,20-21H2,1H3,(H,22,32)(H,23,34)(H,24,35)(H,25,33)(H,26,27)(H,28,29)(H,30,31)/t9-,10-,11-,12-/m0/s1. The topological polar surface area (TPSA) is 280 Å². The van der Waals surface area contributed by atoms with Crippen LogP contribution in [0.4, 0.5) is 0 Å². The molecule has 35 heavy (non-hydrogen) atoms. The number of hydrogen-bond donors (Lipinski definition) is 9. The molecule has 0 aliphatic carbocycles. The zero-order chi connectivity index (χ0) is 27.1.